The second-order valence-electron chi connectivity index (χ2n) is 3.34. The van der Waals surface area contributed by atoms with Crippen LogP contribution < -0.4 is 4.74 Å². The van der Waals surface area contributed by atoms with Gasteiger partial charge in [0.05, 0.1) is 26.2 Å². The van der Waals surface area contributed by atoms with Gasteiger partial charge in [0.15, 0.2) is 5.78 Å². The van der Waals surface area contributed by atoms with Gasteiger partial charge in [0, 0.05) is 12.5 Å². The summed E-state index contributed by atoms with van der Waals surface area (Å²) in [6, 6.07) is 3.65. The number of ether oxygens (including phenoxy) is 2. The highest BCUT2D eigenvalue weighted by Crippen LogP contribution is 2.21. The fourth-order valence-corrected chi connectivity index (χ4v) is 1.35. The van der Waals surface area contributed by atoms with Crippen LogP contribution in [0.4, 0.5) is 4.39 Å². The minimum absolute atomic E-state index is 0.00410. The Morgan fingerprint density at radius 2 is 1.94 bits per heavy atom. The lowest BCUT2D eigenvalue weighted by molar-refractivity contribution is -0.140. The fourth-order valence-electron chi connectivity index (χ4n) is 1.35. The molecule has 0 bridgehead atoms. The van der Waals surface area contributed by atoms with Gasteiger partial charge in [-0.15, -0.1) is 0 Å². The van der Waals surface area contributed by atoms with Gasteiger partial charge in [0.25, 0.3) is 0 Å². The topological polar surface area (TPSA) is 52.6 Å². The summed E-state index contributed by atoms with van der Waals surface area (Å²) in [7, 11) is 2.61. The zero-order chi connectivity index (χ0) is 12.8. The Kier molecular flexibility index (Phi) is 4.63. The van der Waals surface area contributed by atoms with E-state index in [9.17, 15) is 14.0 Å². The van der Waals surface area contributed by atoms with Crippen molar-refractivity contribution in [2.75, 3.05) is 14.2 Å². The van der Waals surface area contributed by atoms with Gasteiger partial charge in [0.2, 0.25) is 0 Å². The summed E-state index contributed by atoms with van der Waals surface area (Å²) in [4.78, 5) is 22.6. The highest BCUT2D eigenvalue weighted by Gasteiger charge is 2.14. The molecule has 1 aromatic rings. The largest absolute Gasteiger partial charge is 0.496 e. The van der Waals surface area contributed by atoms with Crippen molar-refractivity contribution >= 4 is 11.8 Å². The van der Waals surface area contributed by atoms with Crippen molar-refractivity contribution in [3.63, 3.8) is 0 Å². The lowest BCUT2D eigenvalue weighted by Gasteiger charge is -2.07. The van der Waals surface area contributed by atoms with Crippen molar-refractivity contribution in [3.05, 3.63) is 29.6 Å². The second kappa shape index (κ2) is 5.98. The number of ketones is 1. The van der Waals surface area contributed by atoms with Crippen molar-refractivity contribution in [2.24, 2.45) is 0 Å². The Hall–Kier alpha value is -1.91. The van der Waals surface area contributed by atoms with E-state index in [0.717, 1.165) is 6.07 Å². The highest BCUT2D eigenvalue weighted by molar-refractivity contribution is 5.99. The Morgan fingerprint density at radius 1 is 1.24 bits per heavy atom. The molecule has 0 saturated carbocycles. The molecule has 0 aromatic heterocycles. The monoisotopic (exact) mass is 240 g/mol. The number of methoxy groups -OCH3 is 2. The molecule has 1 aromatic carbocycles. The predicted molar refractivity (Wildman–Crippen MR) is 58.5 cm³/mol. The third kappa shape index (κ3) is 3.55. The molecule has 92 valence electrons. The van der Waals surface area contributed by atoms with Gasteiger partial charge in [0.1, 0.15) is 11.6 Å². The standard InChI is InChI=1S/C12H13FO4/c1-16-11-7-8(13)3-4-9(11)10(14)5-6-12(15)17-2/h3-4,7H,5-6H2,1-2H3. The van der Waals surface area contributed by atoms with Crippen LogP contribution in [-0.2, 0) is 9.53 Å². The minimum Gasteiger partial charge on any atom is -0.496 e. The molecule has 5 heteroatoms. The number of Topliss-reactive ketones (excluding diaryl/α,β-unsaturated/α-hetero) is 1. The summed E-state index contributed by atoms with van der Waals surface area (Å²) in [5.41, 5.74) is 0.262. The molecule has 17 heavy (non-hydrogen) atoms. The van der Waals surface area contributed by atoms with Gasteiger partial charge < -0.3 is 9.47 Å². The first-order chi connectivity index (χ1) is 8.08. The number of hydrogen-bond acceptors (Lipinski definition) is 4. The molecule has 1 rings (SSSR count). The Morgan fingerprint density at radius 3 is 2.53 bits per heavy atom. The first-order valence-corrected chi connectivity index (χ1v) is 5.02. The van der Waals surface area contributed by atoms with Crippen LogP contribution in [0.15, 0.2) is 18.2 Å². The third-order valence-electron chi connectivity index (χ3n) is 2.25. The van der Waals surface area contributed by atoms with Crippen molar-refractivity contribution < 1.29 is 23.5 Å². The average molecular weight is 240 g/mol. The Balaban J connectivity index is 2.78. The summed E-state index contributed by atoms with van der Waals surface area (Å²) in [6.07, 6.45) is 0.00449. The molecule has 0 N–H and O–H groups in total. The van der Waals surface area contributed by atoms with E-state index >= 15 is 0 Å². The van der Waals surface area contributed by atoms with Gasteiger partial charge in [-0.05, 0) is 12.1 Å². The van der Waals surface area contributed by atoms with Crippen LogP contribution in [-0.4, -0.2) is 26.0 Å². The van der Waals surface area contributed by atoms with Crippen molar-refractivity contribution in [1.29, 1.82) is 0 Å². The SMILES string of the molecule is COC(=O)CCC(=O)c1ccc(F)cc1OC. The highest BCUT2D eigenvalue weighted by atomic mass is 19.1. The van der Waals surface area contributed by atoms with Gasteiger partial charge in [-0.1, -0.05) is 0 Å². The number of rotatable bonds is 5. The normalized spacial score (nSPS) is 9.82. The lowest BCUT2D eigenvalue weighted by Crippen LogP contribution is -2.07. The predicted octanol–water partition coefficient (Wildman–Crippen LogP) is 1.97. The first kappa shape index (κ1) is 13.2. The summed E-state index contributed by atoms with van der Waals surface area (Å²) < 4.78 is 22.2. The van der Waals surface area contributed by atoms with Gasteiger partial charge in [-0.2, -0.15) is 0 Å². The molecule has 0 radical (unpaired) electrons. The van der Waals surface area contributed by atoms with E-state index in [1.165, 1.54) is 26.4 Å². The molecule has 0 spiro atoms. The van der Waals surface area contributed by atoms with Crippen LogP contribution in [0, 0.1) is 5.82 Å². The molecule has 0 aliphatic heterocycles. The minimum atomic E-state index is -0.480. The van der Waals surface area contributed by atoms with Gasteiger partial charge in [-0.25, -0.2) is 4.39 Å². The van der Waals surface area contributed by atoms with Crippen LogP contribution in [0.2, 0.25) is 0 Å². The number of benzene rings is 1. The number of carbonyl (C=O) groups excluding carboxylic acids is 2. The molecular formula is C12H13FO4. The number of hydrogen-bond donors (Lipinski definition) is 0. The number of halogens is 1. The number of esters is 1. The molecule has 0 heterocycles. The zero-order valence-electron chi connectivity index (χ0n) is 9.66. The van der Waals surface area contributed by atoms with Crippen molar-refractivity contribution in [2.45, 2.75) is 12.8 Å². The van der Waals surface area contributed by atoms with Crippen LogP contribution >= 0.6 is 0 Å². The van der Waals surface area contributed by atoms with Gasteiger partial charge >= 0.3 is 5.97 Å². The van der Waals surface area contributed by atoms with Gasteiger partial charge in [-0.3, -0.25) is 9.59 Å². The first-order valence-electron chi connectivity index (χ1n) is 5.02. The van der Waals surface area contributed by atoms with E-state index in [0.29, 0.717) is 0 Å². The summed E-state index contributed by atoms with van der Waals surface area (Å²) in [6.45, 7) is 0. The van der Waals surface area contributed by atoms with E-state index in [-0.39, 0.29) is 29.9 Å². The molecule has 0 unspecified atom stereocenters. The summed E-state index contributed by atoms with van der Waals surface area (Å²) in [5, 5.41) is 0. The maximum atomic E-state index is 12.9. The third-order valence-corrected chi connectivity index (χ3v) is 2.25. The van der Waals surface area contributed by atoms with E-state index in [2.05, 4.69) is 4.74 Å². The molecule has 4 nitrogen and oxygen atoms in total. The molecule has 0 atom stereocenters. The van der Waals surface area contributed by atoms with Crippen LogP contribution in [0.5, 0.6) is 5.75 Å². The fraction of sp³-hybridized carbons (Fsp3) is 0.333. The lowest BCUT2D eigenvalue weighted by atomic mass is 10.1. The van der Waals surface area contributed by atoms with E-state index < -0.39 is 11.8 Å². The summed E-state index contributed by atoms with van der Waals surface area (Å²) in [5.74, 6) is -1.06. The van der Waals surface area contributed by atoms with E-state index in [1.807, 2.05) is 0 Å². The zero-order valence-corrected chi connectivity index (χ0v) is 9.66. The smallest absolute Gasteiger partial charge is 0.305 e. The van der Waals surface area contributed by atoms with Crippen LogP contribution in [0.25, 0.3) is 0 Å². The molecule has 0 aliphatic carbocycles. The summed E-state index contributed by atoms with van der Waals surface area (Å²) >= 11 is 0. The average Bonchev–Trinajstić information content (AvgIpc) is 2.35. The number of carbonyl (C=O) groups is 2. The molecule has 0 saturated heterocycles. The maximum absolute atomic E-state index is 12.9. The van der Waals surface area contributed by atoms with E-state index in [1.54, 1.807) is 0 Å². The van der Waals surface area contributed by atoms with Crippen LogP contribution in [0.1, 0.15) is 23.2 Å². The van der Waals surface area contributed by atoms with Crippen molar-refractivity contribution in [3.8, 4) is 5.75 Å². The molecule has 0 amide bonds. The van der Waals surface area contributed by atoms with E-state index in [4.69, 9.17) is 4.74 Å². The maximum Gasteiger partial charge on any atom is 0.305 e. The molecule has 0 fully saturated rings. The quantitative estimate of drug-likeness (QED) is 0.583. The van der Waals surface area contributed by atoms with Crippen molar-refractivity contribution in [1.82, 2.24) is 0 Å². The Labute approximate surface area is 98.3 Å². The second-order valence-corrected chi connectivity index (χ2v) is 3.34. The Bertz CT molecular complexity index is 429. The van der Waals surface area contributed by atoms with Crippen LogP contribution in [0.3, 0.4) is 0 Å². The molecular weight excluding hydrogens is 227 g/mol. The molecule has 0 aliphatic rings.